The molecule has 1 fully saturated rings. The van der Waals surface area contributed by atoms with Gasteiger partial charge in [-0.1, -0.05) is 25.0 Å². The van der Waals surface area contributed by atoms with Gasteiger partial charge in [-0.15, -0.1) is 12.4 Å². The van der Waals surface area contributed by atoms with Crippen molar-refractivity contribution in [3.05, 3.63) is 35.6 Å². The third kappa shape index (κ3) is 8.29. The van der Waals surface area contributed by atoms with Crippen LogP contribution in [-0.2, 0) is 11.2 Å². The fourth-order valence-corrected chi connectivity index (χ4v) is 3.90. The minimum atomic E-state index is -1.40. The van der Waals surface area contributed by atoms with Crippen LogP contribution in [0.2, 0.25) is 6.32 Å². The van der Waals surface area contributed by atoms with Gasteiger partial charge in [0.15, 0.2) is 0 Å². The van der Waals surface area contributed by atoms with Crippen molar-refractivity contribution in [2.75, 3.05) is 19.6 Å². The number of carboxylic acid groups (broad SMARTS) is 1. The molecule has 0 aliphatic carbocycles. The summed E-state index contributed by atoms with van der Waals surface area (Å²) < 4.78 is 12.9. The van der Waals surface area contributed by atoms with E-state index in [0.29, 0.717) is 51.7 Å². The number of nitrogens with two attached hydrogens (primary N) is 1. The van der Waals surface area contributed by atoms with Gasteiger partial charge in [-0.3, -0.25) is 4.79 Å². The first-order chi connectivity index (χ1) is 14.2. The van der Waals surface area contributed by atoms with Crippen molar-refractivity contribution in [1.29, 1.82) is 0 Å². The monoisotopic (exact) mass is 459 g/mol. The van der Waals surface area contributed by atoms with Crippen molar-refractivity contribution in [1.82, 2.24) is 10.2 Å². The van der Waals surface area contributed by atoms with Crippen LogP contribution in [0.5, 0.6) is 0 Å². The maximum Gasteiger partial charge on any atom is 0.451 e. The van der Waals surface area contributed by atoms with E-state index < -0.39 is 18.6 Å². The predicted octanol–water partition coefficient (Wildman–Crippen LogP) is 1.64. The average molecular weight is 460 g/mol. The molecule has 0 bridgehead atoms. The number of carbonyl (C=O) groups is 2. The van der Waals surface area contributed by atoms with Crippen LogP contribution in [-0.4, -0.2) is 64.3 Å². The molecule has 2 rings (SSSR count). The highest BCUT2D eigenvalue weighted by molar-refractivity contribution is 6.40. The molecule has 2 amide bonds. The molecule has 0 spiro atoms. The maximum atomic E-state index is 12.9. The highest BCUT2D eigenvalue weighted by Crippen LogP contribution is 2.31. The first-order valence-corrected chi connectivity index (χ1v) is 10.4. The number of likely N-dealkylation sites (tertiary alicyclic amines) is 1. The summed E-state index contributed by atoms with van der Waals surface area (Å²) in [7, 11) is -1.40. The molecule has 1 unspecified atom stereocenters. The molecule has 1 heterocycles. The van der Waals surface area contributed by atoms with E-state index in [1.165, 1.54) is 12.1 Å². The number of halogens is 2. The van der Waals surface area contributed by atoms with Crippen LogP contribution < -0.4 is 11.1 Å². The minimum Gasteiger partial charge on any atom is -0.480 e. The number of piperidine rings is 1. The number of nitrogens with zero attached hydrogens (tertiary/aromatic N) is 1. The number of urea groups is 1. The number of amides is 2. The van der Waals surface area contributed by atoms with E-state index in [-0.39, 0.29) is 42.9 Å². The average Bonchev–Trinajstić information content (AvgIpc) is 2.72. The molecular weight excluding hydrogens is 427 g/mol. The van der Waals surface area contributed by atoms with Crippen molar-refractivity contribution in [3.63, 3.8) is 0 Å². The summed E-state index contributed by atoms with van der Waals surface area (Å²) in [6.07, 6.45) is 3.00. The lowest BCUT2D eigenvalue weighted by atomic mass is 9.74. The Morgan fingerprint density at radius 1 is 1.19 bits per heavy atom. The second kappa shape index (κ2) is 12.9. The van der Waals surface area contributed by atoms with Gasteiger partial charge in [-0.2, -0.15) is 0 Å². The summed E-state index contributed by atoms with van der Waals surface area (Å²) in [6, 6.07) is 5.93. The van der Waals surface area contributed by atoms with Gasteiger partial charge in [-0.25, -0.2) is 9.18 Å². The Bertz CT molecular complexity index is 705. The molecule has 174 valence electrons. The number of carboxylic acids is 1. The summed E-state index contributed by atoms with van der Waals surface area (Å²) in [5.41, 5.74) is 5.78. The van der Waals surface area contributed by atoms with Gasteiger partial charge < -0.3 is 31.1 Å². The molecule has 11 heteroatoms. The predicted molar refractivity (Wildman–Crippen MR) is 118 cm³/mol. The zero-order valence-electron chi connectivity index (χ0n) is 17.5. The number of hydrogen-bond acceptors (Lipinski definition) is 5. The normalized spacial score (nSPS) is 16.2. The Hall–Kier alpha value is -1.88. The Labute approximate surface area is 188 Å². The quantitative estimate of drug-likeness (QED) is 0.266. The van der Waals surface area contributed by atoms with Gasteiger partial charge in [-0.05, 0) is 55.6 Å². The van der Waals surface area contributed by atoms with E-state index in [1.54, 1.807) is 17.0 Å². The second-order valence-electron chi connectivity index (χ2n) is 7.94. The van der Waals surface area contributed by atoms with Gasteiger partial charge >= 0.3 is 19.1 Å². The maximum absolute atomic E-state index is 12.9. The van der Waals surface area contributed by atoms with E-state index in [1.807, 2.05) is 0 Å². The highest BCUT2D eigenvalue weighted by Gasteiger charge is 2.43. The van der Waals surface area contributed by atoms with Crippen LogP contribution in [0.4, 0.5) is 9.18 Å². The lowest BCUT2D eigenvalue weighted by Crippen LogP contribution is -2.57. The number of hydrogen-bond donors (Lipinski definition) is 5. The highest BCUT2D eigenvalue weighted by atomic mass is 35.5. The van der Waals surface area contributed by atoms with Gasteiger partial charge in [0.25, 0.3) is 0 Å². The molecule has 1 saturated heterocycles. The van der Waals surface area contributed by atoms with Crippen molar-refractivity contribution >= 4 is 31.5 Å². The topological polar surface area (TPSA) is 136 Å². The Morgan fingerprint density at radius 2 is 1.81 bits per heavy atom. The van der Waals surface area contributed by atoms with Crippen molar-refractivity contribution < 1.29 is 29.1 Å². The largest absolute Gasteiger partial charge is 0.480 e. The van der Waals surface area contributed by atoms with Crippen LogP contribution in [0, 0.1) is 11.7 Å². The van der Waals surface area contributed by atoms with Crippen LogP contribution in [0.15, 0.2) is 24.3 Å². The fraction of sp³-hybridized carbons (Fsp3) is 0.600. The van der Waals surface area contributed by atoms with Crippen molar-refractivity contribution in [2.45, 2.75) is 50.4 Å². The van der Waals surface area contributed by atoms with Gasteiger partial charge in [0, 0.05) is 19.6 Å². The van der Waals surface area contributed by atoms with Crippen LogP contribution in [0.3, 0.4) is 0 Å². The molecule has 1 atom stereocenters. The number of benzene rings is 1. The number of carbonyl (C=O) groups excluding carboxylic acids is 1. The molecule has 1 aliphatic rings. The van der Waals surface area contributed by atoms with Gasteiger partial charge in [0.05, 0.1) is 0 Å². The molecule has 0 aromatic heterocycles. The fourth-order valence-electron chi connectivity index (χ4n) is 3.90. The standard InChI is InChI=1S/C20H31BFN3O5.ClH/c22-17-5-3-15(4-6-17)7-12-24-19(28)25-13-8-16(9-14-25)20(23,18(26)27)10-1-2-11-21(29)30;/h3-6,16,29-30H,1-2,7-14,23H2,(H,24,28)(H,26,27);1H. The minimum absolute atomic E-state index is 0. The van der Waals surface area contributed by atoms with Gasteiger partial charge in [0.2, 0.25) is 0 Å². The first kappa shape index (κ1) is 27.2. The van der Waals surface area contributed by atoms with E-state index in [9.17, 15) is 19.1 Å². The number of rotatable bonds is 10. The lowest BCUT2D eigenvalue weighted by molar-refractivity contribution is -0.146. The SMILES string of the molecule is Cl.NC(CCCCB(O)O)(C(=O)O)C1CCN(C(=O)NCCc2ccc(F)cc2)CC1. The second-order valence-corrected chi connectivity index (χ2v) is 7.94. The molecule has 0 saturated carbocycles. The number of aliphatic carboxylic acids is 1. The van der Waals surface area contributed by atoms with Crippen LogP contribution >= 0.6 is 12.4 Å². The van der Waals surface area contributed by atoms with Crippen LogP contribution in [0.1, 0.15) is 37.7 Å². The third-order valence-electron chi connectivity index (χ3n) is 5.81. The zero-order valence-corrected chi connectivity index (χ0v) is 18.3. The molecule has 1 aliphatic heterocycles. The molecule has 1 aromatic carbocycles. The number of unbranched alkanes of at least 4 members (excludes halogenated alkanes) is 1. The van der Waals surface area contributed by atoms with E-state index in [0.717, 1.165) is 5.56 Å². The molecule has 0 radical (unpaired) electrons. The summed E-state index contributed by atoms with van der Waals surface area (Å²) in [4.78, 5) is 25.8. The van der Waals surface area contributed by atoms with Gasteiger partial charge in [0.1, 0.15) is 11.4 Å². The summed E-state index contributed by atoms with van der Waals surface area (Å²) >= 11 is 0. The van der Waals surface area contributed by atoms with E-state index in [4.69, 9.17) is 15.8 Å². The number of nitrogens with one attached hydrogen (secondary N) is 1. The van der Waals surface area contributed by atoms with Crippen molar-refractivity contribution in [3.8, 4) is 0 Å². The summed E-state index contributed by atoms with van der Waals surface area (Å²) in [5, 5.41) is 30.3. The summed E-state index contributed by atoms with van der Waals surface area (Å²) in [5.74, 6) is -1.61. The smallest absolute Gasteiger partial charge is 0.451 e. The molecule has 6 N–H and O–H groups in total. The molecular formula is C20H32BClFN3O5. The lowest BCUT2D eigenvalue weighted by Gasteiger charge is -2.40. The van der Waals surface area contributed by atoms with E-state index >= 15 is 0 Å². The third-order valence-corrected chi connectivity index (χ3v) is 5.81. The zero-order chi connectivity index (χ0) is 22.1. The van der Waals surface area contributed by atoms with E-state index in [2.05, 4.69) is 5.32 Å². The Morgan fingerprint density at radius 3 is 2.35 bits per heavy atom. The Balaban J connectivity index is 0.00000480. The molecule has 1 aromatic rings. The molecule has 8 nitrogen and oxygen atoms in total. The first-order valence-electron chi connectivity index (χ1n) is 10.4. The molecule has 31 heavy (non-hydrogen) atoms. The Kier molecular flexibility index (Phi) is 11.3. The van der Waals surface area contributed by atoms with Crippen molar-refractivity contribution in [2.24, 2.45) is 11.7 Å². The van der Waals surface area contributed by atoms with Crippen LogP contribution in [0.25, 0.3) is 0 Å². The summed E-state index contributed by atoms with van der Waals surface area (Å²) in [6.45, 7) is 1.28.